The molecule has 0 aliphatic carbocycles. The highest BCUT2D eigenvalue weighted by Gasteiger charge is 2.20. The van der Waals surface area contributed by atoms with Crippen molar-refractivity contribution in [2.45, 2.75) is 33.2 Å². The molecule has 0 fully saturated rings. The van der Waals surface area contributed by atoms with Crippen LogP contribution in [0.2, 0.25) is 10.0 Å². The summed E-state index contributed by atoms with van der Waals surface area (Å²) in [6.07, 6.45) is 1.09. The van der Waals surface area contributed by atoms with Crippen LogP contribution < -0.4 is 5.32 Å². The molecule has 108 valence electrons. The molecule has 0 spiro atoms. The van der Waals surface area contributed by atoms with Gasteiger partial charge in [0, 0.05) is 19.8 Å². The van der Waals surface area contributed by atoms with Crippen LogP contribution in [0.3, 0.4) is 0 Å². The number of thiophene rings is 1. The van der Waals surface area contributed by atoms with E-state index in [9.17, 15) is 0 Å². The van der Waals surface area contributed by atoms with E-state index < -0.39 is 0 Å². The second kappa shape index (κ2) is 6.95. The van der Waals surface area contributed by atoms with Crippen LogP contribution in [0.15, 0.2) is 24.3 Å². The fraction of sp³-hybridized carbons (Fsp3) is 0.375. The number of hydrogen-bond acceptors (Lipinski definition) is 2. The average molecular weight is 328 g/mol. The zero-order valence-corrected chi connectivity index (χ0v) is 14.3. The van der Waals surface area contributed by atoms with Crippen molar-refractivity contribution in [3.05, 3.63) is 55.2 Å². The number of rotatable bonds is 5. The number of halogens is 2. The molecule has 1 heterocycles. The zero-order chi connectivity index (χ0) is 14.7. The van der Waals surface area contributed by atoms with Crippen molar-refractivity contribution >= 4 is 34.5 Å². The Morgan fingerprint density at radius 3 is 2.50 bits per heavy atom. The fourth-order valence-electron chi connectivity index (χ4n) is 2.31. The maximum absolute atomic E-state index is 6.39. The summed E-state index contributed by atoms with van der Waals surface area (Å²) in [6, 6.07) is 8.10. The van der Waals surface area contributed by atoms with E-state index >= 15 is 0 Å². The second-order valence-electron chi connectivity index (χ2n) is 4.96. The topological polar surface area (TPSA) is 12.0 Å². The monoisotopic (exact) mass is 327 g/mol. The van der Waals surface area contributed by atoms with Gasteiger partial charge in [0.05, 0.1) is 6.04 Å². The van der Waals surface area contributed by atoms with Crippen molar-refractivity contribution < 1.29 is 0 Å². The van der Waals surface area contributed by atoms with Gasteiger partial charge in [-0.05, 0) is 56.1 Å². The van der Waals surface area contributed by atoms with E-state index in [0.717, 1.165) is 23.6 Å². The first-order valence-corrected chi connectivity index (χ1v) is 8.35. The first kappa shape index (κ1) is 15.8. The van der Waals surface area contributed by atoms with E-state index in [1.165, 1.54) is 15.3 Å². The molecule has 0 saturated carbocycles. The van der Waals surface area contributed by atoms with Gasteiger partial charge in [-0.25, -0.2) is 0 Å². The molecule has 2 aromatic rings. The van der Waals surface area contributed by atoms with E-state index in [2.05, 4.69) is 32.2 Å². The Hall–Kier alpha value is -0.540. The zero-order valence-electron chi connectivity index (χ0n) is 12.0. The van der Waals surface area contributed by atoms with Gasteiger partial charge in [0.1, 0.15) is 0 Å². The number of benzene rings is 1. The van der Waals surface area contributed by atoms with Gasteiger partial charge in [0.25, 0.3) is 0 Å². The normalized spacial score (nSPS) is 12.7. The van der Waals surface area contributed by atoms with Crippen molar-refractivity contribution in [1.82, 2.24) is 5.32 Å². The Kier molecular flexibility index (Phi) is 5.50. The molecular weight excluding hydrogens is 309 g/mol. The van der Waals surface area contributed by atoms with Gasteiger partial charge < -0.3 is 5.32 Å². The molecule has 0 bridgehead atoms. The molecule has 1 aromatic heterocycles. The third kappa shape index (κ3) is 3.56. The number of nitrogens with one attached hydrogen (secondary N) is 1. The van der Waals surface area contributed by atoms with E-state index in [1.807, 2.05) is 29.5 Å². The summed E-state index contributed by atoms with van der Waals surface area (Å²) < 4.78 is 0. The molecule has 0 aliphatic heterocycles. The molecule has 0 aliphatic rings. The van der Waals surface area contributed by atoms with Crippen LogP contribution in [-0.4, -0.2) is 6.54 Å². The average Bonchev–Trinajstić information content (AvgIpc) is 2.71. The second-order valence-corrected chi connectivity index (χ2v) is 7.09. The van der Waals surface area contributed by atoms with E-state index in [-0.39, 0.29) is 6.04 Å². The molecular formula is C16H19Cl2NS. The van der Waals surface area contributed by atoms with Gasteiger partial charge >= 0.3 is 0 Å². The first-order valence-electron chi connectivity index (χ1n) is 6.78. The lowest BCUT2D eigenvalue weighted by Gasteiger charge is -2.20. The molecule has 0 radical (unpaired) electrons. The summed E-state index contributed by atoms with van der Waals surface area (Å²) >= 11 is 14.2. The lowest BCUT2D eigenvalue weighted by Crippen LogP contribution is -2.23. The minimum Gasteiger partial charge on any atom is -0.306 e. The van der Waals surface area contributed by atoms with E-state index in [1.54, 1.807) is 0 Å². The molecule has 1 N–H and O–H groups in total. The third-order valence-electron chi connectivity index (χ3n) is 3.21. The minimum absolute atomic E-state index is 0.137. The molecule has 2 rings (SSSR count). The highest BCUT2D eigenvalue weighted by atomic mass is 35.5. The van der Waals surface area contributed by atoms with Crippen LogP contribution in [0.25, 0.3) is 0 Å². The summed E-state index contributed by atoms with van der Waals surface area (Å²) in [5, 5.41) is 4.99. The highest BCUT2D eigenvalue weighted by Crippen LogP contribution is 2.35. The molecule has 1 nitrogen and oxygen atoms in total. The van der Waals surface area contributed by atoms with Crippen molar-refractivity contribution in [3.63, 3.8) is 0 Å². The smallest absolute Gasteiger partial charge is 0.0688 e. The Bertz CT molecular complexity index is 592. The summed E-state index contributed by atoms with van der Waals surface area (Å²) in [5.41, 5.74) is 2.40. The van der Waals surface area contributed by atoms with Crippen molar-refractivity contribution in [2.75, 3.05) is 6.54 Å². The van der Waals surface area contributed by atoms with Gasteiger partial charge in [0.2, 0.25) is 0 Å². The lowest BCUT2D eigenvalue weighted by atomic mass is 10.0. The Labute approximate surface area is 134 Å². The Morgan fingerprint density at radius 1 is 1.20 bits per heavy atom. The van der Waals surface area contributed by atoms with Crippen LogP contribution in [-0.2, 0) is 0 Å². The van der Waals surface area contributed by atoms with Crippen molar-refractivity contribution in [2.24, 2.45) is 0 Å². The van der Waals surface area contributed by atoms with Crippen LogP contribution in [0.4, 0.5) is 0 Å². The SMILES string of the molecule is CCCNC(c1ccc(Cl)cc1Cl)c1sc(C)cc1C. The number of aryl methyl sites for hydroxylation is 2. The van der Waals surface area contributed by atoms with Gasteiger partial charge in [-0.3, -0.25) is 0 Å². The first-order chi connectivity index (χ1) is 9.52. The highest BCUT2D eigenvalue weighted by molar-refractivity contribution is 7.12. The number of hydrogen-bond donors (Lipinski definition) is 1. The van der Waals surface area contributed by atoms with Gasteiger partial charge in [-0.15, -0.1) is 11.3 Å². The van der Waals surface area contributed by atoms with Crippen LogP contribution >= 0.6 is 34.5 Å². The molecule has 1 unspecified atom stereocenters. The summed E-state index contributed by atoms with van der Waals surface area (Å²) in [7, 11) is 0. The largest absolute Gasteiger partial charge is 0.306 e. The molecule has 0 amide bonds. The quantitative estimate of drug-likeness (QED) is 0.736. The molecule has 4 heteroatoms. The molecule has 1 atom stereocenters. The van der Waals surface area contributed by atoms with Crippen molar-refractivity contribution in [3.8, 4) is 0 Å². The molecule has 20 heavy (non-hydrogen) atoms. The van der Waals surface area contributed by atoms with Crippen molar-refractivity contribution in [1.29, 1.82) is 0 Å². The lowest BCUT2D eigenvalue weighted by molar-refractivity contribution is 0.604. The van der Waals surface area contributed by atoms with Crippen LogP contribution in [0.1, 0.15) is 40.3 Å². The standard InChI is InChI=1S/C16H19Cl2NS/c1-4-7-19-15(16-10(2)8-11(3)20-16)13-6-5-12(17)9-14(13)18/h5-6,8-9,15,19H,4,7H2,1-3H3. The summed E-state index contributed by atoms with van der Waals surface area (Å²) in [4.78, 5) is 2.66. The van der Waals surface area contributed by atoms with Crippen LogP contribution in [0.5, 0.6) is 0 Å². The maximum atomic E-state index is 6.39. The summed E-state index contributed by atoms with van der Waals surface area (Å²) in [6.45, 7) is 7.42. The maximum Gasteiger partial charge on any atom is 0.0688 e. The van der Waals surface area contributed by atoms with Gasteiger partial charge in [-0.2, -0.15) is 0 Å². The predicted molar refractivity (Wildman–Crippen MR) is 90.4 cm³/mol. The fourth-order valence-corrected chi connectivity index (χ4v) is 3.96. The van der Waals surface area contributed by atoms with E-state index in [4.69, 9.17) is 23.2 Å². The summed E-state index contributed by atoms with van der Waals surface area (Å²) in [5.74, 6) is 0. The van der Waals surface area contributed by atoms with Gasteiger partial charge in [-0.1, -0.05) is 36.2 Å². The predicted octanol–water partition coefficient (Wildman–Crippen LogP) is 5.76. The van der Waals surface area contributed by atoms with Gasteiger partial charge in [0.15, 0.2) is 0 Å². The Balaban J connectivity index is 2.44. The van der Waals surface area contributed by atoms with Crippen LogP contribution in [0, 0.1) is 13.8 Å². The minimum atomic E-state index is 0.137. The van der Waals surface area contributed by atoms with E-state index in [0.29, 0.717) is 5.02 Å². The molecule has 0 saturated heterocycles. The Morgan fingerprint density at radius 2 is 1.95 bits per heavy atom. The molecule has 1 aromatic carbocycles. The third-order valence-corrected chi connectivity index (χ3v) is 4.99.